The van der Waals surface area contributed by atoms with Crippen molar-refractivity contribution in [3.8, 4) is 23.0 Å². The molecule has 29 heavy (non-hydrogen) atoms. The standard InChI is InChI=1S/C23H28O6/c1-24-11-16-7-15-9-20(26-3)21(27-4)10-17(15)23(18(16)12-25-2)14-5-6-19-22(8-14)29-13-28-19/h5-6,8-10,16,18,23H,7,11-13H2,1-4H3. The molecule has 2 aromatic carbocycles. The lowest BCUT2D eigenvalue weighted by Gasteiger charge is -2.40. The predicted octanol–water partition coefficient (Wildman–Crippen LogP) is 3.65. The minimum absolute atomic E-state index is 0.119. The van der Waals surface area contributed by atoms with Crippen molar-refractivity contribution in [1.82, 2.24) is 0 Å². The van der Waals surface area contributed by atoms with E-state index in [1.54, 1.807) is 28.4 Å². The molecular formula is C23H28O6. The number of benzene rings is 2. The van der Waals surface area contributed by atoms with Crippen LogP contribution in [0.3, 0.4) is 0 Å². The van der Waals surface area contributed by atoms with Crippen LogP contribution in [0.15, 0.2) is 30.3 Å². The number of methoxy groups -OCH3 is 4. The van der Waals surface area contributed by atoms with Gasteiger partial charge in [-0.15, -0.1) is 0 Å². The second-order valence-corrected chi connectivity index (χ2v) is 7.54. The molecule has 0 radical (unpaired) electrons. The summed E-state index contributed by atoms with van der Waals surface area (Å²) >= 11 is 0. The molecular weight excluding hydrogens is 372 g/mol. The topological polar surface area (TPSA) is 55.4 Å². The summed E-state index contributed by atoms with van der Waals surface area (Å²) in [5, 5.41) is 0. The van der Waals surface area contributed by atoms with Gasteiger partial charge < -0.3 is 28.4 Å². The van der Waals surface area contributed by atoms with E-state index in [2.05, 4.69) is 24.3 Å². The highest BCUT2D eigenvalue weighted by Crippen LogP contribution is 2.48. The fourth-order valence-corrected chi connectivity index (χ4v) is 4.69. The lowest BCUT2D eigenvalue weighted by atomic mass is 9.67. The van der Waals surface area contributed by atoms with Crippen molar-refractivity contribution in [3.63, 3.8) is 0 Å². The average molecular weight is 400 g/mol. The minimum Gasteiger partial charge on any atom is -0.493 e. The summed E-state index contributed by atoms with van der Waals surface area (Å²) in [5.74, 6) is 3.75. The van der Waals surface area contributed by atoms with E-state index in [4.69, 9.17) is 28.4 Å². The van der Waals surface area contributed by atoms with Crippen LogP contribution in [-0.4, -0.2) is 48.4 Å². The van der Waals surface area contributed by atoms with E-state index >= 15 is 0 Å². The van der Waals surface area contributed by atoms with Crippen LogP contribution in [0.25, 0.3) is 0 Å². The molecule has 0 N–H and O–H groups in total. The highest BCUT2D eigenvalue weighted by molar-refractivity contribution is 5.54. The maximum atomic E-state index is 5.65. The summed E-state index contributed by atoms with van der Waals surface area (Å²) < 4.78 is 33.5. The third-order valence-electron chi connectivity index (χ3n) is 5.99. The van der Waals surface area contributed by atoms with Crippen LogP contribution in [0.5, 0.6) is 23.0 Å². The molecule has 3 atom stereocenters. The molecule has 2 aliphatic rings. The summed E-state index contributed by atoms with van der Waals surface area (Å²) in [5.41, 5.74) is 3.65. The highest BCUT2D eigenvalue weighted by Gasteiger charge is 2.39. The Morgan fingerprint density at radius 1 is 0.862 bits per heavy atom. The van der Waals surface area contributed by atoms with E-state index in [1.165, 1.54) is 16.7 Å². The smallest absolute Gasteiger partial charge is 0.231 e. The molecule has 6 heteroatoms. The number of hydrogen-bond acceptors (Lipinski definition) is 6. The summed E-state index contributed by atoms with van der Waals surface area (Å²) in [4.78, 5) is 0. The summed E-state index contributed by atoms with van der Waals surface area (Å²) in [6, 6.07) is 10.4. The van der Waals surface area contributed by atoms with Gasteiger partial charge in [-0.3, -0.25) is 0 Å². The summed E-state index contributed by atoms with van der Waals surface area (Å²) in [7, 11) is 6.85. The molecule has 6 nitrogen and oxygen atoms in total. The molecule has 2 aromatic rings. The van der Waals surface area contributed by atoms with Gasteiger partial charge in [-0.25, -0.2) is 0 Å². The van der Waals surface area contributed by atoms with Crippen LogP contribution in [0.2, 0.25) is 0 Å². The van der Waals surface area contributed by atoms with Crippen molar-refractivity contribution < 1.29 is 28.4 Å². The van der Waals surface area contributed by atoms with Gasteiger partial charge >= 0.3 is 0 Å². The lowest BCUT2D eigenvalue weighted by Crippen LogP contribution is -2.36. The fourth-order valence-electron chi connectivity index (χ4n) is 4.69. The van der Waals surface area contributed by atoms with Crippen molar-refractivity contribution in [1.29, 1.82) is 0 Å². The van der Waals surface area contributed by atoms with E-state index in [0.717, 1.165) is 29.4 Å². The van der Waals surface area contributed by atoms with Gasteiger partial charge in [0.05, 0.1) is 20.8 Å². The molecule has 0 spiro atoms. The Hall–Kier alpha value is -2.44. The first kappa shape index (κ1) is 19.9. The molecule has 4 rings (SSSR count). The Balaban J connectivity index is 1.86. The highest BCUT2D eigenvalue weighted by atomic mass is 16.7. The SMILES string of the molecule is COCC1Cc2cc(OC)c(OC)cc2C(c2ccc3c(c2)OCO3)C1COC. The van der Waals surface area contributed by atoms with Crippen LogP contribution in [0.4, 0.5) is 0 Å². The maximum absolute atomic E-state index is 5.65. The quantitative estimate of drug-likeness (QED) is 0.707. The van der Waals surface area contributed by atoms with Crippen LogP contribution in [0.1, 0.15) is 22.6 Å². The summed E-state index contributed by atoms with van der Waals surface area (Å²) in [6.07, 6.45) is 0.901. The van der Waals surface area contributed by atoms with Crippen molar-refractivity contribution in [2.75, 3.05) is 48.4 Å². The molecule has 1 aliphatic carbocycles. The molecule has 0 amide bonds. The van der Waals surface area contributed by atoms with Gasteiger partial charge in [-0.2, -0.15) is 0 Å². The van der Waals surface area contributed by atoms with E-state index in [9.17, 15) is 0 Å². The van der Waals surface area contributed by atoms with Crippen molar-refractivity contribution in [2.24, 2.45) is 11.8 Å². The first-order valence-electron chi connectivity index (χ1n) is 9.82. The number of fused-ring (bicyclic) bond motifs is 2. The van der Waals surface area contributed by atoms with Gasteiger partial charge in [0.2, 0.25) is 6.79 Å². The molecule has 1 aliphatic heterocycles. The number of hydrogen-bond donors (Lipinski definition) is 0. The van der Waals surface area contributed by atoms with Crippen molar-refractivity contribution in [3.05, 3.63) is 47.0 Å². The molecule has 3 unspecified atom stereocenters. The van der Waals surface area contributed by atoms with Crippen LogP contribution in [-0.2, 0) is 15.9 Å². The van der Waals surface area contributed by atoms with Gasteiger partial charge in [0.1, 0.15) is 0 Å². The number of rotatable bonds is 7. The fraction of sp³-hybridized carbons (Fsp3) is 0.478. The monoisotopic (exact) mass is 400 g/mol. The normalized spacial score (nSPS) is 22.3. The maximum Gasteiger partial charge on any atom is 0.231 e. The zero-order valence-corrected chi connectivity index (χ0v) is 17.4. The Kier molecular flexibility index (Phi) is 5.83. The van der Waals surface area contributed by atoms with E-state index < -0.39 is 0 Å². The third-order valence-corrected chi connectivity index (χ3v) is 5.99. The average Bonchev–Trinajstić information content (AvgIpc) is 3.21. The van der Waals surface area contributed by atoms with Gasteiger partial charge in [-0.05, 0) is 59.2 Å². The van der Waals surface area contributed by atoms with E-state index in [-0.39, 0.29) is 18.6 Å². The van der Waals surface area contributed by atoms with Gasteiger partial charge in [-0.1, -0.05) is 6.07 Å². The molecule has 0 saturated heterocycles. The van der Waals surface area contributed by atoms with Crippen LogP contribution < -0.4 is 18.9 Å². The summed E-state index contributed by atoms with van der Waals surface area (Å²) in [6.45, 7) is 1.57. The Labute approximate surface area is 171 Å². The van der Waals surface area contributed by atoms with Crippen molar-refractivity contribution in [2.45, 2.75) is 12.3 Å². The molecule has 156 valence electrons. The molecule has 0 fully saturated rings. The van der Waals surface area contributed by atoms with Gasteiger partial charge in [0.15, 0.2) is 23.0 Å². The van der Waals surface area contributed by atoms with Crippen LogP contribution in [0, 0.1) is 11.8 Å². The molecule has 0 saturated carbocycles. The second-order valence-electron chi connectivity index (χ2n) is 7.54. The third kappa shape index (κ3) is 3.63. The lowest BCUT2D eigenvalue weighted by molar-refractivity contribution is 0.0565. The first-order chi connectivity index (χ1) is 14.2. The van der Waals surface area contributed by atoms with Gasteiger partial charge in [0, 0.05) is 26.7 Å². The molecule has 0 aromatic heterocycles. The second kappa shape index (κ2) is 8.51. The Bertz CT molecular complexity index is 865. The zero-order valence-electron chi connectivity index (χ0n) is 17.4. The minimum atomic E-state index is 0.119. The first-order valence-corrected chi connectivity index (χ1v) is 9.82. The van der Waals surface area contributed by atoms with Gasteiger partial charge in [0.25, 0.3) is 0 Å². The van der Waals surface area contributed by atoms with E-state index in [0.29, 0.717) is 19.1 Å². The van der Waals surface area contributed by atoms with E-state index in [1.807, 2.05) is 6.07 Å². The predicted molar refractivity (Wildman–Crippen MR) is 108 cm³/mol. The largest absolute Gasteiger partial charge is 0.493 e. The zero-order chi connectivity index (χ0) is 20.4. The Morgan fingerprint density at radius 2 is 1.59 bits per heavy atom. The Morgan fingerprint density at radius 3 is 2.31 bits per heavy atom. The van der Waals surface area contributed by atoms with Crippen LogP contribution >= 0.6 is 0 Å². The van der Waals surface area contributed by atoms with Crippen molar-refractivity contribution >= 4 is 0 Å². The number of ether oxygens (including phenoxy) is 6. The molecule has 1 heterocycles. The molecule has 0 bridgehead atoms.